The van der Waals surface area contributed by atoms with Crippen LogP contribution in [-0.4, -0.2) is 91.4 Å². The second-order valence-electron chi connectivity index (χ2n) is 6.62. The number of amides is 1. The van der Waals surface area contributed by atoms with Crippen LogP contribution in [0.4, 0.5) is 5.69 Å². The van der Waals surface area contributed by atoms with Crippen molar-refractivity contribution in [1.29, 1.82) is 0 Å². The van der Waals surface area contributed by atoms with Gasteiger partial charge in [0, 0.05) is 39.3 Å². The number of benzene rings is 1. The number of para-hydroxylation sites is 2. The molecule has 8 heteroatoms. The number of hydrogen-bond acceptors (Lipinski definition) is 5. The monoisotopic (exact) mass is 392 g/mol. The van der Waals surface area contributed by atoms with Gasteiger partial charge in [-0.1, -0.05) is 12.1 Å². The molecule has 7 nitrogen and oxygen atoms in total. The first-order chi connectivity index (χ1) is 13.2. The Hall–Kier alpha value is -1.90. The van der Waals surface area contributed by atoms with Crippen LogP contribution >= 0.6 is 12.2 Å². The number of nitrogens with zero attached hydrogens (tertiary/aromatic N) is 3. The molecule has 0 saturated carbocycles. The van der Waals surface area contributed by atoms with Gasteiger partial charge in [0.05, 0.1) is 32.1 Å². The van der Waals surface area contributed by atoms with Crippen molar-refractivity contribution >= 4 is 28.9 Å². The molecule has 0 unspecified atom stereocenters. The van der Waals surface area contributed by atoms with Gasteiger partial charge >= 0.3 is 0 Å². The molecule has 2 aliphatic heterocycles. The quantitative estimate of drug-likeness (QED) is 0.757. The number of thiocarbonyl (C=S) groups is 1. The van der Waals surface area contributed by atoms with Gasteiger partial charge in [0.15, 0.2) is 5.11 Å². The zero-order valence-electron chi connectivity index (χ0n) is 15.9. The molecule has 2 fully saturated rings. The number of hydrogen-bond donors (Lipinski definition) is 1. The summed E-state index contributed by atoms with van der Waals surface area (Å²) < 4.78 is 11.0. The first-order valence-electron chi connectivity index (χ1n) is 9.53. The lowest BCUT2D eigenvalue weighted by Gasteiger charge is -2.37. The summed E-state index contributed by atoms with van der Waals surface area (Å²) in [4.78, 5) is 18.6. The van der Waals surface area contributed by atoms with Crippen molar-refractivity contribution < 1.29 is 14.3 Å². The molecule has 0 aliphatic carbocycles. The van der Waals surface area contributed by atoms with Crippen molar-refractivity contribution in [3.8, 4) is 5.75 Å². The van der Waals surface area contributed by atoms with E-state index in [4.69, 9.17) is 21.7 Å². The molecule has 1 aromatic rings. The molecule has 0 aromatic heterocycles. The molecule has 0 atom stereocenters. The zero-order valence-corrected chi connectivity index (χ0v) is 16.7. The van der Waals surface area contributed by atoms with Crippen LogP contribution in [0.25, 0.3) is 0 Å². The van der Waals surface area contributed by atoms with Crippen molar-refractivity contribution in [2.45, 2.75) is 6.92 Å². The number of ether oxygens (including phenoxy) is 2. The van der Waals surface area contributed by atoms with Crippen LogP contribution in [0.1, 0.15) is 6.92 Å². The van der Waals surface area contributed by atoms with E-state index in [1.807, 2.05) is 36.1 Å². The van der Waals surface area contributed by atoms with E-state index in [1.54, 1.807) is 0 Å². The zero-order chi connectivity index (χ0) is 19.1. The maximum absolute atomic E-state index is 12.4. The van der Waals surface area contributed by atoms with E-state index in [-0.39, 0.29) is 5.91 Å². The third-order valence-corrected chi connectivity index (χ3v) is 5.17. The van der Waals surface area contributed by atoms with Crippen molar-refractivity contribution in [2.24, 2.45) is 0 Å². The van der Waals surface area contributed by atoms with Gasteiger partial charge in [-0.3, -0.25) is 9.69 Å². The molecule has 0 bridgehead atoms. The van der Waals surface area contributed by atoms with Gasteiger partial charge in [0.25, 0.3) is 0 Å². The number of piperazine rings is 1. The summed E-state index contributed by atoms with van der Waals surface area (Å²) in [5.74, 6) is 0.996. The number of carbonyl (C=O) groups is 1. The van der Waals surface area contributed by atoms with Crippen LogP contribution in [0.15, 0.2) is 24.3 Å². The molecule has 2 aliphatic rings. The minimum absolute atomic E-state index is 0.193. The van der Waals surface area contributed by atoms with Crippen molar-refractivity contribution in [3.05, 3.63) is 24.3 Å². The maximum Gasteiger partial charge on any atom is 0.236 e. The van der Waals surface area contributed by atoms with Crippen LogP contribution in [0.3, 0.4) is 0 Å². The predicted molar refractivity (Wildman–Crippen MR) is 109 cm³/mol. The number of morpholine rings is 1. The van der Waals surface area contributed by atoms with E-state index in [2.05, 4.69) is 15.1 Å². The highest BCUT2D eigenvalue weighted by Gasteiger charge is 2.24. The molecule has 1 amide bonds. The fourth-order valence-corrected chi connectivity index (χ4v) is 3.55. The van der Waals surface area contributed by atoms with Crippen molar-refractivity contribution in [1.82, 2.24) is 14.7 Å². The van der Waals surface area contributed by atoms with Crippen LogP contribution in [0.2, 0.25) is 0 Å². The maximum atomic E-state index is 12.4. The molecule has 1 aromatic carbocycles. The minimum Gasteiger partial charge on any atom is -0.492 e. The highest BCUT2D eigenvalue weighted by molar-refractivity contribution is 7.80. The largest absolute Gasteiger partial charge is 0.492 e. The standard InChI is InChI=1S/C19H28N4O3S/c1-2-26-17-6-4-3-5-16(17)20-19(27)23-9-7-21(8-10-23)15-18(24)22-11-13-25-14-12-22/h3-6H,2,7-15H2,1H3,(H,20,27). The van der Waals surface area contributed by atoms with Crippen LogP contribution in [0.5, 0.6) is 5.75 Å². The lowest BCUT2D eigenvalue weighted by molar-refractivity contribution is -0.136. The summed E-state index contributed by atoms with van der Waals surface area (Å²) >= 11 is 5.58. The third-order valence-electron chi connectivity index (χ3n) is 4.81. The van der Waals surface area contributed by atoms with Crippen LogP contribution in [-0.2, 0) is 9.53 Å². The average molecular weight is 393 g/mol. The Labute approximate surface area is 166 Å². The van der Waals surface area contributed by atoms with Gasteiger partial charge in [0.1, 0.15) is 5.75 Å². The molecule has 27 heavy (non-hydrogen) atoms. The summed E-state index contributed by atoms with van der Waals surface area (Å²) in [6.45, 7) is 8.99. The predicted octanol–water partition coefficient (Wildman–Crippen LogP) is 1.26. The summed E-state index contributed by atoms with van der Waals surface area (Å²) in [5.41, 5.74) is 0.884. The van der Waals surface area contributed by atoms with E-state index < -0.39 is 0 Å². The molecule has 0 radical (unpaired) electrons. The van der Waals surface area contributed by atoms with E-state index in [9.17, 15) is 4.79 Å². The Kier molecular flexibility index (Phi) is 7.25. The highest BCUT2D eigenvalue weighted by Crippen LogP contribution is 2.24. The highest BCUT2D eigenvalue weighted by atomic mass is 32.1. The van der Waals surface area contributed by atoms with E-state index >= 15 is 0 Å². The van der Waals surface area contributed by atoms with E-state index in [1.165, 1.54) is 0 Å². The van der Waals surface area contributed by atoms with Gasteiger partial charge in [-0.25, -0.2) is 0 Å². The Morgan fingerprint density at radius 2 is 1.81 bits per heavy atom. The van der Waals surface area contributed by atoms with Crippen molar-refractivity contribution in [2.75, 3.05) is 71.0 Å². The number of anilines is 1. The van der Waals surface area contributed by atoms with Gasteiger partial charge in [-0.05, 0) is 31.3 Å². The number of rotatable bonds is 5. The van der Waals surface area contributed by atoms with Crippen LogP contribution < -0.4 is 10.1 Å². The fraction of sp³-hybridized carbons (Fsp3) is 0.579. The molecule has 1 N–H and O–H groups in total. The molecule has 148 valence electrons. The van der Waals surface area contributed by atoms with Gasteiger partial charge in [-0.15, -0.1) is 0 Å². The van der Waals surface area contributed by atoms with Crippen LogP contribution in [0, 0.1) is 0 Å². The van der Waals surface area contributed by atoms with Gasteiger partial charge in [-0.2, -0.15) is 0 Å². The van der Waals surface area contributed by atoms with Crippen molar-refractivity contribution in [3.63, 3.8) is 0 Å². The first-order valence-corrected chi connectivity index (χ1v) is 9.94. The molecule has 2 heterocycles. The molecular formula is C19H28N4O3S. The number of carbonyl (C=O) groups excluding carboxylic acids is 1. The normalized spacial score (nSPS) is 18.3. The summed E-state index contributed by atoms with van der Waals surface area (Å²) in [7, 11) is 0. The lowest BCUT2D eigenvalue weighted by Crippen LogP contribution is -2.53. The second kappa shape index (κ2) is 9.87. The van der Waals surface area contributed by atoms with Gasteiger partial charge in [0.2, 0.25) is 5.91 Å². The van der Waals surface area contributed by atoms with E-state index in [0.717, 1.165) is 37.6 Å². The Balaban J connectivity index is 1.46. The average Bonchev–Trinajstić information content (AvgIpc) is 2.71. The molecule has 2 saturated heterocycles. The lowest BCUT2D eigenvalue weighted by atomic mass is 10.3. The Morgan fingerprint density at radius 1 is 1.11 bits per heavy atom. The number of nitrogens with one attached hydrogen (secondary N) is 1. The smallest absolute Gasteiger partial charge is 0.236 e. The molecule has 0 spiro atoms. The van der Waals surface area contributed by atoms with Gasteiger partial charge < -0.3 is 24.6 Å². The first kappa shape index (κ1) is 19.9. The molecular weight excluding hydrogens is 364 g/mol. The fourth-order valence-electron chi connectivity index (χ4n) is 3.26. The van der Waals surface area contributed by atoms with E-state index in [0.29, 0.717) is 44.6 Å². The Bertz CT molecular complexity index is 644. The SMILES string of the molecule is CCOc1ccccc1NC(=S)N1CCN(CC(=O)N2CCOCC2)CC1. The minimum atomic E-state index is 0.193. The molecule has 3 rings (SSSR count). The third kappa shape index (κ3) is 5.54. The topological polar surface area (TPSA) is 57.3 Å². The Morgan fingerprint density at radius 3 is 2.52 bits per heavy atom. The summed E-state index contributed by atoms with van der Waals surface area (Å²) in [5, 5.41) is 3.99. The second-order valence-corrected chi connectivity index (χ2v) is 7.00. The summed E-state index contributed by atoms with van der Waals surface area (Å²) in [6, 6.07) is 7.81. The summed E-state index contributed by atoms with van der Waals surface area (Å²) in [6.07, 6.45) is 0.